The fraction of sp³-hybridized carbons (Fsp3) is 0.714. The summed E-state index contributed by atoms with van der Waals surface area (Å²) < 4.78 is 10.2. The normalized spacial score (nSPS) is 16.0. The van der Waals surface area contributed by atoms with Crippen molar-refractivity contribution in [2.75, 3.05) is 52.5 Å². The maximum atomic E-state index is 11.5. The number of ether oxygens (including phenoxy) is 2. The molecule has 1 fully saturated rings. The Morgan fingerprint density at radius 3 is 3.05 bits per heavy atom. The highest BCUT2D eigenvalue weighted by Crippen LogP contribution is 2.11. The van der Waals surface area contributed by atoms with Crippen molar-refractivity contribution < 1.29 is 14.3 Å². The van der Waals surface area contributed by atoms with Crippen molar-refractivity contribution >= 4 is 17.3 Å². The Kier molecular flexibility index (Phi) is 7.08. The van der Waals surface area contributed by atoms with Gasteiger partial charge in [0.1, 0.15) is 0 Å². The lowest BCUT2D eigenvalue weighted by Gasteiger charge is -2.26. The third kappa shape index (κ3) is 5.70. The predicted octanol–water partition coefficient (Wildman–Crippen LogP) is 0.784. The third-order valence-electron chi connectivity index (χ3n) is 3.26. The minimum Gasteiger partial charge on any atom is -0.461 e. The Hall–Kier alpha value is -1.02. The molecular weight excluding hydrogens is 290 g/mol. The van der Waals surface area contributed by atoms with Crippen LogP contribution in [0.25, 0.3) is 0 Å². The zero-order valence-corrected chi connectivity index (χ0v) is 13.3. The summed E-state index contributed by atoms with van der Waals surface area (Å²) >= 11 is 1.51. The Labute approximate surface area is 129 Å². The molecule has 1 aromatic rings. The summed E-state index contributed by atoms with van der Waals surface area (Å²) in [5.41, 5.74) is 0.421. The van der Waals surface area contributed by atoms with E-state index >= 15 is 0 Å². The number of aromatic nitrogens is 1. The predicted molar refractivity (Wildman–Crippen MR) is 81.9 cm³/mol. The zero-order valence-electron chi connectivity index (χ0n) is 12.5. The standard InChI is InChI=1S/C14H23N3O3S/c1-2-20-14(18)12-11-21-13(16-12)3-4-15-5-6-17-7-9-19-10-8-17/h11,15H,2-10H2,1H3. The van der Waals surface area contributed by atoms with Crippen LogP contribution in [0.5, 0.6) is 0 Å². The molecule has 2 heterocycles. The fourth-order valence-corrected chi connectivity index (χ4v) is 2.87. The van der Waals surface area contributed by atoms with Crippen LogP contribution in [-0.4, -0.2) is 68.4 Å². The van der Waals surface area contributed by atoms with Gasteiger partial charge in [0.2, 0.25) is 0 Å². The van der Waals surface area contributed by atoms with Crippen LogP contribution in [0.4, 0.5) is 0 Å². The number of hydrogen-bond donors (Lipinski definition) is 1. The molecular formula is C14H23N3O3S. The largest absolute Gasteiger partial charge is 0.461 e. The molecule has 0 spiro atoms. The van der Waals surface area contributed by atoms with Crippen LogP contribution < -0.4 is 5.32 Å². The van der Waals surface area contributed by atoms with Crippen LogP contribution in [-0.2, 0) is 15.9 Å². The molecule has 0 amide bonds. The lowest BCUT2D eigenvalue weighted by Crippen LogP contribution is -2.40. The van der Waals surface area contributed by atoms with Gasteiger partial charge in [0.15, 0.2) is 5.69 Å². The number of esters is 1. The number of hydrogen-bond acceptors (Lipinski definition) is 7. The first kappa shape index (κ1) is 16.4. The van der Waals surface area contributed by atoms with E-state index in [9.17, 15) is 4.79 Å². The number of nitrogens with one attached hydrogen (secondary N) is 1. The van der Waals surface area contributed by atoms with E-state index in [0.29, 0.717) is 12.3 Å². The summed E-state index contributed by atoms with van der Waals surface area (Å²) in [6, 6.07) is 0. The topological polar surface area (TPSA) is 63.7 Å². The molecule has 0 aliphatic carbocycles. The van der Waals surface area contributed by atoms with E-state index in [0.717, 1.165) is 57.4 Å². The van der Waals surface area contributed by atoms with E-state index in [1.807, 2.05) is 0 Å². The monoisotopic (exact) mass is 313 g/mol. The third-order valence-corrected chi connectivity index (χ3v) is 4.17. The number of morpholine rings is 1. The molecule has 7 heteroatoms. The van der Waals surface area contributed by atoms with Crippen LogP contribution in [0.15, 0.2) is 5.38 Å². The quantitative estimate of drug-likeness (QED) is 0.565. The van der Waals surface area contributed by atoms with E-state index in [1.165, 1.54) is 11.3 Å². The van der Waals surface area contributed by atoms with E-state index < -0.39 is 0 Å². The lowest BCUT2D eigenvalue weighted by molar-refractivity contribution is 0.0384. The molecule has 0 bridgehead atoms. The van der Waals surface area contributed by atoms with Crippen LogP contribution in [0, 0.1) is 0 Å². The van der Waals surface area contributed by atoms with Gasteiger partial charge >= 0.3 is 5.97 Å². The van der Waals surface area contributed by atoms with Gasteiger partial charge in [-0.3, -0.25) is 4.90 Å². The van der Waals surface area contributed by atoms with E-state index in [1.54, 1.807) is 12.3 Å². The Bertz CT molecular complexity index is 433. The highest BCUT2D eigenvalue weighted by molar-refractivity contribution is 7.09. The molecule has 0 atom stereocenters. The van der Waals surface area contributed by atoms with E-state index in [2.05, 4.69) is 15.2 Å². The average molecular weight is 313 g/mol. The minimum absolute atomic E-state index is 0.333. The van der Waals surface area contributed by atoms with Gasteiger partial charge < -0.3 is 14.8 Å². The van der Waals surface area contributed by atoms with Crippen molar-refractivity contribution in [3.8, 4) is 0 Å². The zero-order chi connectivity index (χ0) is 14.9. The Morgan fingerprint density at radius 2 is 2.29 bits per heavy atom. The van der Waals surface area contributed by atoms with Gasteiger partial charge in [-0.1, -0.05) is 0 Å². The van der Waals surface area contributed by atoms with Gasteiger partial charge in [0.05, 0.1) is 24.8 Å². The van der Waals surface area contributed by atoms with Crippen molar-refractivity contribution in [3.63, 3.8) is 0 Å². The summed E-state index contributed by atoms with van der Waals surface area (Å²) in [5, 5.41) is 6.15. The molecule has 1 saturated heterocycles. The molecule has 1 N–H and O–H groups in total. The van der Waals surface area contributed by atoms with Gasteiger partial charge in [0.25, 0.3) is 0 Å². The van der Waals surface area contributed by atoms with Gasteiger partial charge in [-0.25, -0.2) is 9.78 Å². The summed E-state index contributed by atoms with van der Waals surface area (Å²) in [6.45, 7) is 8.81. The van der Waals surface area contributed by atoms with E-state index in [-0.39, 0.29) is 5.97 Å². The van der Waals surface area contributed by atoms with E-state index in [4.69, 9.17) is 9.47 Å². The van der Waals surface area contributed by atoms with Gasteiger partial charge in [-0.15, -0.1) is 11.3 Å². The smallest absolute Gasteiger partial charge is 0.357 e. The maximum absolute atomic E-state index is 11.5. The first-order valence-corrected chi connectivity index (χ1v) is 8.30. The molecule has 1 aromatic heterocycles. The molecule has 0 saturated carbocycles. The summed E-state index contributed by atoms with van der Waals surface area (Å²) in [6.07, 6.45) is 0.840. The summed E-state index contributed by atoms with van der Waals surface area (Å²) in [7, 11) is 0. The second-order valence-electron chi connectivity index (χ2n) is 4.80. The van der Waals surface area contributed by atoms with Gasteiger partial charge in [-0.05, 0) is 6.92 Å². The summed E-state index contributed by atoms with van der Waals surface area (Å²) in [5.74, 6) is -0.333. The highest BCUT2D eigenvalue weighted by Gasteiger charge is 2.11. The van der Waals surface area contributed by atoms with Crippen molar-refractivity contribution in [1.29, 1.82) is 0 Å². The first-order chi connectivity index (χ1) is 10.3. The first-order valence-electron chi connectivity index (χ1n) is 7.42. The summed E-state index contributed by atoms with van der Waals surface area (Å²) in [4.78, 5) is 18.2. The maximum Gasteiger partial charge on any atom is 0.357 e. The number of thiazole rings is 1. The van der Waals surface area contributed by atoms with Crippen molar-refractivity contribution in [3.05, 3.63) is 16.1 Å². The SMILES string of the molecule is CCOC(=O)c1csc(CCNCCN2CCOCC2)n1. The van der Waals surface area contributed by atoms with Crippen molar-refractivity contribution in [2.24, 2.45) is 0 Å². The number of rotatable bonds is 8. The molecule has 0 aromatic carbocycles. The molecule has 1 aliphatic rings. The Morgan fingerprint density at radius 1 is 1.48 bits per heavy atom. The second-order valence-corrected chi connectivity index (χ2v) is 5.74. The molecule has 21 heavy (non-hydrogen) atoms. The molecule has 0 radical (unpaired) electrons. The van der Waals surface area contributed by atoms with Crippen LogP contribution >= 0.6 is 11.3 Å². The highest BCUT2D eigenvalue weighted by atomic mass is 32.1. The lowest BCUT2D eigenvalue weighted by atomic mass is 10.4. The van der Waals surface area contributed by atoms with Crippen molar-refractivity contribution in [2.45, 2.75) is 13.3 Å². The van der Waals surface area contributed by atoms with Crippen LogP contribution in [0.3, 0.4) is 0 Å². The Balaban J connectivity index is 1.59. The molecule has 118 valence electrons. The minimum atomic E-state index is -0.333. The van der Waals surface area contributed by atoms with Crippen LogP contribution in [0.1, 0.15) is 22.4 Å². The van der Waals surface area contributed by atoms with Crippen LogP contribution in [0.2, 0.25) is 0 Å². The second kappa shape index (κ2) is 9.09. The number of carbonyl (C=O) groups excluding carboxylic acids is 1. The number of nitrogens with zero attached hydrogens (tertiary/aromatic N) is 2. The molecule has 1 aliphatic heterocycles. The number of carbonyl (C=O) groups is 1. The van der Waals surface area contributed by atoms with Gasteiger partial charge in [-0.2, -0.15) is 0 Å². The molecule has 6 nitrogen and oxygen atoms in total. The molecule has 0 unspecified atom stereocenters. The fourth-order valence-electron chi connectivity index (χ4n) is 2.11. The van der Waals surface area contributed by atoms with Crippen molar-refractivity contribution in [1.82, 2.24) is 15.2 Å². The average Bonchev–Trinajstić information content (AvgIpc) is 2.97. The van der Waals surface area contributed by atoms with Gasteiger partial charge in [0, 0.05) is 44.5 Å². The molecule has 2 rings (SSSR count).